The average Bonchev–Trinajstić information content (AvgIpc) is 2.64. The van der Waals surface area contributed by atoms with Crippen LogP contribution in [-0.2, 0) is 13.2 Å². The van der Waals surface area contributed by atoms with Crippen molar-refractivity contribution in [3.63, 3.8) is 0 Å². The maximum atomic E-state index is 8.79. The largest absolute Gasteiger partial charge is 0.493 e. The Kier molecular flexibility index (Phi) is 8.95. The zero-order chi connectivity index (χ0) is 18.8. The molecule has 0 bridgehead atoms. The third-order valence-corrected chi connectivity index (χ3v) is 4.72. The molecular formula is C21H28BrNO3. The van der Waals surface area contributed by atoms with Gasteiger partial charge >= 0.3 is 0 Å². The minimum atomic E-state index is 0.272. The lowest BCUT2D eigenvalue weighted by atomic mass is 10.1. The van der Waals surface area contributed by atoms with Gasteiger partial charge in [-0.2, -0.15) is 0 Å². The fourth-order valence-electron chi connectivity index (χ4n) is 2.63. The second-order valence-corrected chi connectivity index (χ2v) is 7.20. The van der Waals surface area contributed by atoms with Crippen molar-refractivity contribution in [3.8, 4) is 11.5 Å². The first-order chi connectivity index (χ1) is 12.6. The van der Waals surface area contributed by atoms with E-state index in [-0.39, 0.29) is 6.61 Å². The number of aryl methyl sites for hydroxylation is 1. The Morgan fingerprint density at radius 3 is 2.50 bits per heavy atom. The quantitative estimate of drug-likeness (QED) is 0.520. The van der Waals surface area contributed by atoms with Crippen molar-refractivity contribution in [2.45, 2.75) is 39.3 Å². The molecule has 0 saturated heterocycles. The minimum absolute atomic E-state index is 0.272. The Bertz CT molecular complexity index is 674. The molecule has 0 spiro atoms. The molecule has 142 valence electrons. The standard InChI is InChI=1S/C21H28BrNO3/c1-16-6-8-17(9-7-16)15-26-21-19(22)12-18(13-20(21)25-2)14-23-10-4-3-5-11-24/h6-9,12-13,23-24H,3-5,10-11,14-15H2,1-2H3. The van der Waals surface area contributed by atoms with Gasteiger partial charge in [0.2, 0.25) is 0 Å². The van der Waals surface area contributed by atoms with Crippen molar-refractivity contribution in [1.29, 1.82) is 0 Å². The van der Waals surface area contributed by atoms with Gasteiger partial charge in [0.25, 0.3) is 0 Å². The lowest BCUT2D eigenvalue weighted by Crippen LogP contribution is -2.15. The number of unbranched alkanes of at least 4 members (excludes halogenated alkanes) is 2. The molecule has 0 radical (unpaired) electrons. The van der Waals surface area contributed by atoms with Gasteiger partial charge in [-0.3, -0.25) is 0 Å². The Morgan fingerprint density at radius 2 is 1.81 bits per heavy atom. The monoisotopic (exact) mass is 421 g/mol. The molecule has 2 rings (SSSR count). The van der Waals surface area contributed by atoms with E-state index in [2.05, 4.69) is 58.5 Å². The summed E-state index contributed by atoms with van der Waals surface area (Å²) in [5, 5.41) is 12.2. The van der Waals surface area contributed by atoms with Crippen LogP contribution in [0.1, 0.15) is 36.0 Å². The molecule has 4 nitrogen and oxygen atoms in total. The molecule has 0 aromatic heterocycles. The second kappa shape index (κ2) is 11.2. The van der Waals surface area contributed by atoms with E-state index in [1.54, 1.807) is 7.11 Å². The molecule has 26 heavy (non-hydrogen) atoms. The van der Waals surface area contributed by atoms with Crippen LogP contribution in [0.25, 0.3) is 0 Å². The number of hydrogen-bond donors (Lipinski definition) is 2. The molecule has 2 N–H and O–H groups in total. The van der Waals surface area contributed by atoms with Gasteiger partial charge < -0.3 is 19.9 Å². The number of halogens is 1. The fraction of sp³-hybridized carbons (Fsp3) is 0.429. The van der Waals surface area contributed by atoms with Crippen LogP contribution in [0.3, 0.4) is 0 Å². The van der Waals surface area contributed by atoms with E-state index in [4.69, 9.17) is 14.6 Å². The van der Waals surface area contributed by atoms with Crippen molar-refractivity contribution in [2.75, 3.05) is 20.3 Å². The van der Waals surface area contributed by atoms with Crippen molar-refractivity contribution in [1.82, 2.24) is 5.32 Å². The summed E-state index contributed by atoms with van der Waals surface area (Å²) in [5.74, 6) is 1.45. The highest BCUT2D eigenvalue weighted by Crippen LogP contribution is 2.37. The SMILES string of the molecule is COc1cc(CNCCCCCO)cc(Br)c1OCc1ccc(C)cc1. The van der Waals surface area contributed by atoms with Crippen LogP contribution in [0, 0.1) is 6.92 Å². The zero-order valence-corrected chi connectivity index (χ0v) is 17.1. The first-order valence-electron chi connectivity index (χ1n) is 9.00. The predicted molar refractivity (Wildman–Crippen MR) is 109 cm³/mol. The van der Waals surface area contributed by atoms with Gasteiger partial charge in [-0.15, -0.1) is 0 Å². The topological polar surface area (TPSA) is 50.7 Å². The average molecular weight is 422 g/mol. The molecule has 2 aromatic rings. The van der Waals surface area contributed by atoms with E-state index in [1.807, 2.05) is 6.07 Å². The Balaban J connectivity index is 1.94. The highest BCUT2D eigenvalue weighted by atomic mass is 79.9. The highest BCUT2D eigenvalue weighted by Gasteiger charge is 2.12. The lowest BCUT2D eigenvalue weighted by Gasteiger charge is -2.15. The third-order valence-electron chi connectivity index (χ3n) is 4.13. The van der Waals surface area contributed by atoms with Gasteiger partial charge in [0.15, 0.2) is 11.5 Å². The second-order valence-electron chi connectivity index (χ2n) is 6.34. The summed E-state index contributed by atoms with van der Waals surface area (Å²) < 4.78 is 12.4. The molecular weight excluding hydrogens is 394 g/mol. The fourth-order valence-corrected chi connectivity index (χ4v) is 3.23. The lowest BCUT2D eigenvalue weighted by molar-refractivity contribution is 0.282. The molecule has 2 aromatic carbocycles. The normalized spacial score (nSPS) is 10.8. The van der Waals surface area contributed by atoms with Gasteiger partial charge in [-0.25, -0.2) is 0 Å². The maximum Gasteiger partial charge on any atom is 0.175 e. The van der Waals surface area contributed by atoms with Crippen LogP contribution in [0.2, 0.25) is 0 Å². The summed E-state index contributed by atoms with van der Waals surface area (Å²) in [7, 11) is 1.66. The van der Waals surface area contributed by atoms with E-state index >= 15 is 0 Å². The number of hydrogen-bond acceptors (Lipinski definition) is 4. The Hall–Kier alpha value is -1.56. The van der Waals surface area contributed by atoms with Crippen molar-refractivity contribution in [3.05, 3.63) is 57.6 Å². The summed E-state index contributed by atoms with van der Waals surface area (Å²) in [5.41, 5.74) is 3.50. The molecule has 0 unspecified atom stereocenters. The number of aliphatic hydroxyl groups excluding tert-OH is 1. The van der Waals surface area contributed by atoms with Crippen LogP contribution < -0.4 is 14.8 Å². The summed E-state index contributed by atoms with van der Waals surface area (Å²) in [6.45, 7) is 4.55. The molecule has 0 fully saturated rings. The first-order valence-corrected chi connectivity index (χ1v) is 9.79. The number of aliphatic hydroxyl groups is 1. The number of benzene rings is 2. The molecule has 0 atom stereocenters. The first kappa shape index (κ1) is 20.7. The van der Waals surface area contributed by atoms with E-state index < -0.39 is 0 Å². The number of methoxy groups -OCH3 is 1. The summed E-state index contributed by atoms with van der Waals surface area (Å²) >= 11 is 3.61. The molecule has 0 heterocycles. The van der Waals surface area contributed by atoms with Crippen LogP contribution in [0.4, 0.5) is 0 Å². The summed E-state index contributed by atoms with van der Waals surface area (Å²) in [6.07, 6.45) is 2.98. The number of ether oxygens (including phenoxy) is 2. The molecule has 0 aliphatic heterocycles. The van der Waals surface area contributed by atoms with E-state index in [0.717, 1.165) is 59.5 Å². The summed E-state index contributed by atoms with van der Waals surface area (Å²) in [6, 6.07) is 12.4. The van der Waals surface area contributed by atoms with Gasteiger partial charge in [0.05, 0.1) is 11.6 Å². The molecule has 0 aliphatic rings. The van der Waals surface area contributed by atoms with Gasteiger partial charge in [-0.1, -0.05) is 29.8 Å². The molecule has 0 aliphatic carbocycles. The van der Waals surface area contributed by atoms with E-state index in [1.165, 1.54) is 5.56 Å². The summed E-state index contributed by atoms with van der Waals surface area (Å²) in [4.78, 5) is 0. The van der Waals surface area contributed by atoms with Crippen LogP contribution in [0.15, 0.2) is 40.9 Å². The highest BCUT2D eigenvalue weighted by molar-refractivity contribution is 9.10. The number of nitrogens with one attached hydrogen (secondary N) is 1. The maximum absolute atomic E-state index is 8.79. The molecule has 0 amide bonds. The van der Waals surface area contributed by atoms with Crippen LogP contribution in [-0.4, -0.2) is 25.4 Å². The van der Waals surface area contributed by atoms with E-state index in [9.17, 15) is 0 Å². The van der Waals surface area contributed by atoms with Crippen LogP contribution >= 0.6 is 15.9 Å². The third kappa shape index (κ3) is 6.63. The predicted octanol–water partition coefficient (Wildman–Crippen LogP) is 4.60. The van der Waals surface area contributed by atoms with Crippen molar-refractivity contribution < 1.29 is 14.6 Å². The minimum Gasteiger partial charge on any atom is -0.493 e. The van der Waals surface area contributed by atoms with Crippen molar-refractivity contribution in [2.24, 2.45) is 0 Å². The number of rotatable bonds is 11. The smallest absolute Gasteiger partial charge is 0.175 e. The van der Waals surface area contributed by atoms with Crippen molar-refractivity contribution >= 4 is 15.9 Å². The Labute approximate surface area is 164 Å². The molecule has 0 saturated carbocycles. The Morgan fingerprint density at radius 1 is 1.04 bits per heavy atom. The van der Waals surface area contributed by atoms with Gasteiger partial charge in [0, 0.05) is 13.2 Å². The van der Waals surface area contributed by atoms with Gasteiger partial charge in [-0.05, 0) is 71.9 Å². The zero-order valence-electron chi connectivity index (χ0n) is 15.6. The van der Waals surface area contributed by atoms with E-state index in [0.29, 0.717) is 6.61 Å². The molecule has 5 heteroatoms. The van der Waals surface area contributed by atoms with Gasteiger partial charge in [0.1, 0.15) is 6.61 Å². The van der Waals surface area contributed by atoms with Crippen LogP contribution in [0.5, 0.6) is 11.5 Å².